The molecule has 1 aromatic carbocycles. The smallest absolute Gasteiger partial charge is 0.220 e. The average molecular weight is 312 g/mol. The van der Waals surface area contributed by atoms with E-state index in [2.05, 4.69) is 4.98 Å². The lowest BCUT2D eigenvalue weighted by Crippen LogP contribution is -2.39. The standard InChI is InChI=1S/C18H20N2O3/c1-12(21)20-8-6-13-9-16(22-2)17(23-3)10-15(13)18(20)14-5-4-7-19-11-14/h4-5,7,9-11,18H,6,8H2,1-3H3/t18-/m1/s1. The minimum atomic E-state index is -0.148. The van der Waals surface area contributed by atoms with Gasteiger partial charge in [-0.15, -0.1) is 0 Å². The molecule has 0 N–H and O–H groups in total. The SMILES string of the molecule is COc1cc2c(cc1OC)[C@@H](c1cccnc1)N(C(C)=O)CC2. The molecule has 1 amide bonds. The summed E-state index contributed by atoms with van der Waals surface area (Å²) < 4.78 is 10.8. The Morgan fingerprint density at radius 1 is 1.26 bits per heavy atom. The van der Waals surface area contributed by atoms with Gasteiger partial charge in [-0.05, 0) is 41.3 Å². The van der Waals surface area contributed by atoms with E-state index in [1.54, 1.807) is 27.3 Å². The van der Waals surface area contributed by atoms with Gasteiger partial charge in [-0.25, -0.2) is 0 Å². The summed E-state index contributed by atoms with van der Waals surface area (Å²) in [5.74, 6) is 1.44. The van der Waals surface area contributed by atoms with E-state index in [9.17, 15) is 4.79 Å². The van der Waals surface area contributed by atoms with Gasteiger partial charge in [-0.3, -0.25) is 9.78 Å². The molecule has 5 heteroatoms. The Hall–Kier alpha value is -2.56. The quantitative estimate of drug-likeness (QED) is 0.874. The van der Waals surface area contributed by atoms with Crippen LogP contribution in [0.25, 0.3) is 0 Å². The van der Waals surface area contributed by atoms with E-state index < -0.39 is 0 Å². The van der Waals surface area contributed by atoms with Crippen LogP contribution in [0, 0.1) is 0 Å². The number of aromatic nitrogens is 1. The highest BCUT2D eigenvalue weighted by atomic mass is 16.5. The van der Waals surface area contributed by atoms with Gasteiger partial charge in [0.25, 0.3) is 0 Å². The van der Waals surface area contributed by atoms with Gasteiger partial charge in [0.05, 0.1) is 20.3 Å². The molecule has 0 spiro atoms. The Balaban J connectivity index is 2.17. The summed E-state index contributed by atoms with van der Waals surface area (Å²) in [6.07, 6.45) is 4.35. The number of hydrogen-bond donors (Lipinski definition) is 0. The second-order valence-corrected chi connectivity index (χ2v) is 5.56. The Kier molecular flexibility index (Phi) is 4.19. The lowest BCUT2D eigenvalue weighted by molar-refractivity contribution is -0.130. The number of pyridine rings is 1. The van der Waals surface area contributed by atoms with Crippen LogP contribution in [0.15, 0.2) is 36.7 Å². The minimum absolute atomic E-state index is 0.0549. The molecule has 2 aromatic rings. The second-order valence-electron chi connectivity index (χ2n) is 5.56. The number of nitrogens with zero attached hydrogens (tertiary/aromatic N) is 2. The molecule has 0 bridgehead atoms. The van der Waals surface area contributed by atoms with Crippen LogP contribution < -0.4 is 9.47 Å². The van der Waals surface area contributed by atoms with E-state index in [0.29, 0.717) is 18.0 Å². The molecule has 0 saturated heterocycles. The predicted octanol–water partition coefficient (Wildman–Crippen LogP) is 2.59. The van der Waals surface area contributed by atoms with Crippen molar-refractivity contribution in [1.29, 1.82) is 0 Å². The van der Waals surface area contributed by atoms with Gasteiger partial charge in [-0.2, -0.15) is 0 Å². The number of ether oxygens (including phenoxy) is 2. The summed E-state index contributed by atoms with van der Waals surface area (Å²) in [5.41, 5.74) is 3.24. The van der Waals surface area contributed by atoms with Crippen molar-refractivity contribution in [3.05, 3.63) is 53.3 Å². The maximum Gasteiger partial charge on any atom is 0.220 e. The van der Waals surface area contributed by atoms with Gasteiger partial charge in [-0.1, -0.05) is 6.07 Å². The van der Waals surface area contributed by atoms with E-state index in [1.165, 1.54) is 5.56 Å². The first-order valence-electron chi connectivity index (χ1n) is 7.57. The van der Waals surface area contributed by atoms with Crippen LogP contribution in [0.1, 0.15) is 29.7 Å². The van der Waals surface area contributed by atoms with E-state index in [4.69, 9.17) is 9.47 Å². The van der Waals surface area contributed by atoms with Gasteiger partial charge >= 0.3 is 0 Å². The van der Waals surface area contributed by atoms with Crippen LogP contribution in [0.3, 0.4) is 0 Å². The Bertz CT molecular complexity index is 716. The van der Waals surface area contributed by atoms with E-state index in [-0.39, 0.29) is 11.9 Å². The van der Waals surface area contributed by atoms with E-state index in [0.717, 1.165) is 17.5 Å². The zero-order valence-corrected chi connectivity index (χ0v) is 13.6. The molecule has 1 aromatic heterocycles. The number of amides is 1. The van der Waals surface area contributed by atoms with Crippen LogP contribution in [-0.4, -0.2) is 36.6 Å². The minimum Gasteiger partial charge on any atom is -0.493 e. The predicted molar refractivity (Wildman–Crippen MR) is 86.7 cm³/mol. The number of methoxy groups -OCH3 is 2. The monoisotopic (exact) mass is 312 g/mol. The lowest BCUT2D eigenvalue weighted by atomic mass is 9.88. The van der Waals surface area contributed by atoms with Crippen molar-refractivity contribution in [2.45, 2.75) is 19.4 Å². The highest BCUT2D eigenvalue weighted by Crippen LogP contribution is 2.40. The van der Waals surface area contributed by atoms with Crippen molar-refractivity contribution in [3.63, 3.8) is 0 Å². The van der Waals surface area contributed by atoms with Crippen molar-refractivity contribution in [3.8, 4) is 11.5 Å². The van der Waals surface area contributed by atoms with Crippen LogP contribution in [0.2, 0.25) is 0 Å². The first kappa shape index (κ1) is 15.3. The fraction of sp³-hybridized carbons (Fsp3) is 0.333. The fourth-order valence-corrected chi connectivity index (χ4v) is 3.18. The third kappa shape index (κ3) is 2.74. The molecule has 1 atom stereocenters. The summed E-state index contributed by atoms with van der Waals surface area (Å²) in [7, 11) is 3.25. The van der Waals surface area contributed by atoms with Crippen molar-refractivity contribution in [2.75, 3.05) is 20.8 Å². The van der Waals surface area contributed by atoms with Gasteiger partial charge in [0.15, 0.2) is 11.5 Å². The topological polar surface area (TPSA) is 51.7 Å². The summed E-state index contributed by atoms with van der Waals surface area (Å²) in [6.45, 7) is 2.28. The van der Waals surface area contributed by atoms with Crippen LogP contribution in [-0.2, 0) is 11.2 Å². The third-order valence-corrected chi connectivity index (χ3v) is 4.28. The molecule has 1 aliphatic rings. The molecule has 0 unspecified atom stereocenters. The molecule has 3 rings (SSSR count). The highest BCUT2D eigenvalue weighted by molar-refractivity contribution is 5.75. The van der Waals surface area contributed by atoms with Gasteiger partial charge in [0.1, 0.15) is 0 Å². The lowest BCUT2D eigenvalue weighted by Gasteiger charge is -2.37. The molecular formula is C18H20N2O3. The number of rotatable bonds is 3. The molecule has 0 fully saturated rings. The zero-order valence-electron chi connectivity index (χ0n) is 13.6. The van der Waals surface area contributed by atoms with Crippen LogP contribution >= 0.6 is 0 Å². The number of benzene rings is 1. The van der Waals surface area contributed by atoms with Crippen molar-refractivity contribution in [1.82, 2.24) is 9.88 Å². The van der Waals surface area contributed by atoms with E-state index >= 15 is 0 Å². The molecule has 0 radical (unpaired) electrons. The third-order valence-electron chi connectivity index (χ3n) is 4.28. The first-order valence-corrected chi connectivity index (χ1v) is 7.57. The Morgan fingerprint density at radius 2 is 2.00 bits per heavy atom. The van der Waals surface area contributed by atoms with E-state index in [1.807, 2.05) is 35.4 Å². The number of carbonyl (C=O) groups is 1. The number of hydrogen-bond acceptors (Lipinski definition) is 4. The molecule has 120 valence electrons. The summed E-state index contributed by atoms with van der Waals surface area (Å²) in [6, 6.07) is 7.72. The molecule has 1 aliphatic heterocycles. The summed E-state index contributed by atoms with van der Waals surface area (Å²) in [5, 5.41) is 0. The van der Waals surface area contributed by atoms with Crippen molar-refractivity contribution < 1.29 is 14.3 Å². The molecular weight excluding hydrogens is 292 g/mol. The highest BCUT2D eigenvalue weighted by Gasteiger charge is 2.31. The molecule has 2 heterocycles. The fourth-order valence-electron chi connectivity index (χ4n) is 3.18. The number of carbonyl (C=O) groups excluding carboxylic acids is 1. The van der Waals surface area contributed by atoms with Crippen LogP contribution in [0.4, 0.5) is 0 Å². The van der Waals surface area contributed by atoms with Gasteiger partial charge < -0.3 is 14.4 Å². The van der Waals surface area contributed by atoms with Crippen molar-refractivity contribution in [2.24, 2.45) is 0 Å². The van der Waals surface area contributed by atoms with Gasteiger partial charge in [0.2, 0.25) is 5.91 Å². The first-order chi connectivity index (χ1) is 11.2. The summed E-state index contributed by atoms with van der Waals surface area (Å²) >= 11 is 0. The second kappa shape index (κ2) is 6.28. The molecule has 23 heavy (non-hydrogen) atoms. The molecule has 0 saturated carbocycles. The largest absolute Gasteiger partial charge is 0.493 e. The maximum atomic E-state index is 12.1. The summed E-state index contributed by atoms with van der Waals surface area (Å²) in [4.78, 5) is 18.2. The zero-order chi connectivity index (χ0) is 16.4. The average Bonchev–Trinajstić information content (AvgIpc) is 2.59. The maximum absolute atomic E-state index is 12.1. The van der Waals surface area contributed by atoms with Crippen molar-refractivity contribution >= 4 is 5.91 Å². The molecule has 0 aliphatic carbocycles. The van der Waals surface area contributed by atoms with Crippen LogP contribution in [0.5, 0.6) is 11.5 Å². The number of fused-ring (bicyclic) bond motifs is 1. The Morgan fingerprint density at radius 3 is 2.61 bits per heavy atom. The molecule has 5 nitrogen and oxygen atoms in total. The van der Waals surface area contributed by atoms with Gasteiger partial charge in [0, 0.05) is 25.9 Å². The Labute approximate surface area is 135 Å². The normalized spacial score (nSPS) is 16.7.